The molecule has 0 N–H and O–H groups in total. The molecule has 12 heavy (non-hydrogen) atoms. The van der Waals surface area contributed by atoms with Gasteiger partial charge in [0.15, 0.2) is 0 Å². The van der Waals surface area contributed by atoms with Crippen molar-refractivity contribution in [1.82, 2.24) is 0 Å². The van der Waals surface area contributed by atoms with Gasteiger partial charge in [-0.15, -0.1) is 0 Å². The lowest BCUT2D eigenvalue weighted by Gasteiger charge is -2.04. The second kappa shape index (κ2) is 3.30. The summed E-state index contributed by atoms with van der Waals surface area (Å²) in [6.07, 6.45) is 1.85. The molecular formula is C10H10N2. The maximum Gasteiger partial charge on any atom is 0.0825 e. The molecule has 2 nitrogen and oxygen atoms in total. The smallest absolute Gasteiger partial charge is 0.0825 e. The SMILES string of the molecule is C1=NCCN=C1c1ccccc1. The van der Waals surface area contributed by atoms with Gasteiger partial charge in [0, 0.05) is 11.8 Å². The van der Waals surface area contributed by atoms with Gasteiger partial charge < -0.3 is 0 Å². The van der Waals surface area contributed by atoms with Crippen LogP contribution in [0, 0.1) is 0 Å². The molecule has 1 aromatic rings. The number of aliphatic imine (C=N–C) groups is 2. The molecule has 0 atom stereocenters. The lowest BCUT2D eigenvalue weighted by Crippen LogP contribution is -2.09. The van der Waals surface area contributed by atoms with Crippen molar-refractivity contribution in [3.05, 3.63) is 35.9 Å². The van der Waals surface area contributed by atoms with Gasteiger partial charge >= 0.3 is 0 Å². The van der Waals surface area contributed by atoms with Crippen molar-refractivity contribution in [2.75, 3.05) is 13.1 Å². The Morgan fingerprint density at radius 3 is 2.50 bits per heavy atom. The van der Waals surface area contributed by atoms with E-state index in [9.17, 15) is 0 Å². The molecule has 1 aromatic carbocycles. The molecule has 1 heterocycles. The number of benzene rings is 1. The molecule has 0 amide bonds. The Balaban J connectivity index is 2.31. The van der Waals surface area contributed by atoms with Crippen molar-refractivity contribution in [3.63, 3.8) is 0 Å². The van der Waals surface area contributed by atoms with Gasteiger partial charge in [-0.1, -0.05) is 30.3 Å². The molecule has 0 unspecified atom stereocenters. The minimum Gasteiger partial charge on any atom is -0.289 e. The number of nitrogens with zero attached hydrogens (tertiary/aromatic N) is 2. The Morgan fingerprint density at radius 2 is 1.83 bits per heavy atom. The molecule has 0 saturated heterocycles. The van der Waals surface area contributed by atoms with Crippen molar-refractivity contribution < 1.29 is 0 Å². The first-order valence-corrected chi connectivity index (χ1v) is 4.06. The standard InChI is InChI=1S/C10H10N2/c1-2-4-9(5-3-1)10-8-11-6-7-12-10/h1-5,8H,6-7H2. The first-order valence-electron chi connectivity index (χ1n) is 4.06. The summed E-state index contributed by atoms with van der Waals surface area (Å²) in [7, 11) is 0. The molecule has 0 aromatic heterocycles. The lowest BCUT2D eigenvalue weighted by atomic mass is 10.1. The van der Waals surface area contributed by atoms with Crippen LogP contribution in [-0.2, 0) is 0 Å². The van der Waals surface area contributed by atoms with E-state index in [0.717, 1.165) is 24.4 Å². The van der Waals surface area contributed by atoms with Crippen LogP contribution in [-0.4, -0.2) is 25.0 Å². The van der Waals surface area contributed by atoms with E-state index in [0.29, 0.717) is 0 Å². The lowest BCUT2D eigenvalue weighted by molar-refractivity contribution is 0.971. The largest absolute Gasteiger partial charge is 0.289 e. The van der Waals surface area contributed by atoms with E-state index < -0.39 is 0 Å². The third-order valence-electron chi connectivity index (χ3n) is 1.79. The molecule has 0 bridgehead atoms. The maximum atomic E-state index is 4.37. The van der Waals surface area contributed by atoms with Gasteiger partial charge in [-0.05, 0) is 0 Å². The van der Waals surface area contributed by atoms with E-state index in [1.165, 1.54) is 0 Å². The van der Waals surface area contributed by atoms with Crippen molar-refractivity contribution in [1.29, 1.82) is 0 Å². The highest BCUT2D eigenvalue weighted by Gasteiger charge is 2.01. The fraction of sp³-hybridized carbons (Fsp3) is 0.200. The molecule has 0 fully saturated rings. The van der Waals surface area contributed by atoms with Crippen LogP contribution in [0.15, 0.2) is 40.3 Å². The van der Waals surface area contributed by atoms with E-state index in [4.69, 9.17) is 0 Å². The molecule has 0 spiro atoms. The molecule has 2 rings (SSSR count). The highest BCUT2D eigenvalue weighted by Crippen LogP contribution is 2.01. The maximum absolute atomic E-state index is 4.37. The molecule has 0 aliphatic carbocycles. The van der Waals surface area contributed by atoms with E-state index >= 15 is 0 Å². The topological polar surface area (TPSA) is 24.7 Å². The molecule has 2 heteroatoms. The summed E-state index contributed by atoms with van der Waals surface area (Å²) in [4.78, 5) is 8.55. The summed E-state index contributed by atoms with van der Waals surface area (Å²) in [5.74, 6) is 0. The Kier molecular flexibility index (Phi) is 1.99. The third-order valence-corrected chi connectivity index (χ3v) is 1.79. The molecular weight excluding hydrogens is 148 g/mol. The summed E-state index contributed by atoms with van der Waals surface area (Å²) in [6.45, 7) is 1.65. The van der Waals surface area contributed by atoms with Crippen molar-refractivity contribution in [2.24, 2.45) is 9.98 Å². The normalized spacial score (nSPS) is 15.8. The van der Waals surface area contributed by atoms with E-state index in [2.05, 4.69) is 22.1 Å². The number of rotatable bonds is 1. The minimum absolute atomic E-state index is 0.820. The summed E-state index contributed by atoms with van der Waals surface area (Å²) in [5, 5.41) is 0. The monoisotopic (exact) mass is 158 g/mol. The molecule has 1 aliphatic heterocycles. The van der Waals surface area contributed by atoms with Crippen LogP contribution in [0.4, 0.5) is 0 Å². The summed E-state index contributed by atoms with van der Waals surface area (Å²) < 4.78 is 0. The zero-order valence-corrected chi connectivity index (χ0v) is 6.77. The first kappa shape index (κ1) is 7.22. The van der Waals surface area contributed by atoms with Crippen LogP contribution in [0.2, 0.25) is 0 Å². The Hall–Kier alpha value is -1.44. The predicted molar refractivity (Wildman–Crippen MR) is 51.2 cm³/mol. The number of hydrogen-bond acceptors (Lipinski definition) is 2. The zero-order chi connectivity index (χ0) is 8.23. The van der Waals surface area contributed by atoms with Gasteiger partial charge in [-0.25, -0.2) is 0 Å². The second-order valence-electron chi connectivity index (χ2n) is 2.67. The molecule has 0 radical (unpaired) electrons. The van der Waals surface area contributed by atoms with Gasteiger partial charge in [0.1, 0.15) is 0 Å². The van der Waals surface area contributed by atoms with E-state index in [1.54, 1.807) is 0 Å². The van der Waals surface area contributed by atoms with Gasteiger partial charge in [0.05, 0.1) is 18.8 Å². The molecule has 60 valence electrons. The van der Waals surface area contributed by atoms with Gasteiger partial charge in [0.2, 0.25) is 0 Å². The predicted octanol–water partition coefficient (Wildman–Crippen LogP) is 1.56. The van der Waals surface area contributed by atoms with Gasteiger partial charge in [-0.3, -0.25) is 9.98 Å². The average Bonchev–Trinajstić information content (AvgIpc) is 2.21. The van der Waals surface area contributed by atoms with E-state index in [1.807, 2.05) is 24.4 Å². The Morgan fingerprint density at radius 1 is 1.00 bits per heavy atom. The molecule has 0 saturated carbocycles. The van der Waals surface area contributed by atoms with Crippen molar-refractivity contribution in [2.45, 2.75) is 0 Å². The average molecular weight is 158 g/mol. The summed E-state index contributed by atoms with van der Waals surface area (Å²) >= 11 is 0. The minimum atomic E-state index is 0.820. The first-order chi connectivity index (χ1) is 5.97. The second-order valence-corrected chi connectivity index (χ2v) is 2.67. The van der Waals surface area contributed by atoms with E-state index in [-0.39, 0.29) is 0 Å². The van der Waals surface area contributed by atoms with Crippen LogP contribution >= 0.6 is 0 Å². The summed E-state index contributed by atoms with van der Waals surface area (Å²) in [5.41, 5.74) is 2.16. The number of hydrogen-bond donors (Lipinski definition) is 0. The Bertz CT molecular complexity index is 312. The van der Waals surface area contributed by atoms with Crippen LogP contribution in [0.5, 0.6) is 0 Å². The van der Waals surface area contributed by atoms with Crippen LogP contribution < -0.4 is 0 Å². The third kappa shape index (κ3) is 1.42. The van der Waals surface area contributed by atoms with Gasteiger partial charge in [-0.2, -0.15) is 0 Å². The highest BCUT2D eigenvalue weighted by atomic mass is 14.9. The quantitative estimate of drug-likeness (QED) is 0.592. The Labute approximate surface area is 71.7 Å². The molecule has 1 aliphatic rings. The fourth-order valence-electron chi connectivity index (χ4n) is 1.19. The van der Waals surface area contributed by atoms with Gasteiger partial charge in [0.25, 0.3) is 0 Å². The van der Waals surface area contributed by atoms with Crippen LogP contribution in [0.3, 0.4) is 0 Å². The van der Waals surface area contributed by atoms with Crippen molar-refractivity contribution >= 4 is 11.9 Å². The summed E-state index contributed by atoms with van der Waals surface area (Å²) in [6, 6.07) is 10.1. The van der Waals surface area contributed by atoms with Crippen molar-refractivity contribution in [3.8, 4) is 0 Å². The van der Waals surface area contributed by atoms with Crippen LogP contribution in [0.1, 0.15) is 5.56 Å². The fourth-order valence-corrected chi connectivity index (χ4v) is 1.19. The van der Waals surface area contributed by atoms with Crippen LogP contribution in [0.25, 0.3) is 0 Å². The highest BCUT2D eigenvalue weighted by molar-refractivity contribution is 6.38. The zero-order valence-electron chi connectivity index (χ0n) is 6.77.